The van der Waals surface area contributed by atoms with Gasteiger partial charge in [0.05, 0.1) is 33.6 Å². The van der Waals surface area contributed by atoms with E-state index in [4.69, 9.17) is 26.4 Å². The fourth-order valence-corrected chi connectivity index (χ4v) is 3.70. The van der Waals surface area contributed by atoms with Crippen LogP contribution in [0.2, 0.25) is 0 Å². The molecule has 174 valence electrons. The molecular weight excluding hydrogens is 452 g/mol. The van der Waals surface area contributed by atoms with Crippen molar-refractivity contribution in [2.24, 2.45) is 0 Å². The maximum absolute atomic E-state index is 12.7. The Labute approximate surface area is 202 Å². The summed E-state index contributed by atoms with van der Waals surface area (Å²) in [6, 6.07) is 16.8. The first-order chi connectivity index (χ1) is 16.5. The van der Waals surface area contributed by atoms with Crippen molar-refractivity contribution in [1.82, 2.24) is 14.7 Å². The van der Waals surface area contributed by atoms with Crippen LogP contribution in [0, 0.1) is 0 Å². The molecule has 2 heterocycles. The molecule has 0 aliphatic rings. The van der Waals surface area contributed by atoms with Crippen LogP contribution in [0.25, 0.3) is 16.9 Å². The van der Waals surface area contributed by atoms with E-state index in [0.717, 1.165) is 22.6 Å². The lowest BCUT2D eigenvalue weighted by molar-refractivity contribution is 0.0996. The number of methoxy groups -OCH3 is 3. The van der Waals surface area contributed by atoms with Crippen LogP contribution in [0.4, 0.5) is 5.69 Å². The zero-order valence-electron chi connectivity index (χ0n) is 19.0. The number of nitrogens with one attached hydrogen (secondary N) is 2. The number of ether oxygens (including phenoxy) is 3. The summed E-state index contributed by atoms with van der Waals surface area (Å²) in [7, 11) is 4.52. The number of nitrogens with zero attached hydrogens (tertiary/aromatic N) is 2. The summed E-state index contributed by atoms with van der Waals surface area (Å²) in [6.07, 6.45) is 3.93. The second-order valence-electron chi connectivity index (χ2n) is 7.32. The number of rotatable bonds is 8. The molecule has 0 saturated heterocycles. The molecule has 4 aromatic rings. The van der Waals surface area contributed by atoms with Crippen LogP contribution in [-0.4, -0.2) is 48.2 Å². The lowest BCUT2D eigenvalue weighted by Gasteiger charge is -2.14. The summed E-state index contributed by atoms with van der Waals surface area (Å²) in [5.74, 6) is 1.07. The van der Waals surface area contributed by atoms with Gasteiger partial charge in [-0.2, -0.15) is 0 Å². The summed E-state index contributed by atoms with van der Waals surface area (Å²) >= 11 is 5.39. The van der Waals surface area contributed by atoms with Gasteiger partial charge in [-0.25, -0.2) is 4.98 Å². The molecule has 2 aromatic heterocycles. The highest BCUT2D eigenvalue weighted by Crippen LogP contribution is 2.38. The predicted octanol–water partition coefficient (Wildman–Crippen LogP) is 4.20. The van der Waals surface area contributed by atoms with Crippen LogP contribution in [0.15, 0.2) is 67.0 Å². The van der Waals surface area contributed by atoms with Crippen LogP contribution < -0.4 is 24.8 Å². The minimum Gasteiger partial charge on any atom is -0.493 e. The lowest BCUT2D eigenvalue weighted by Crippen LogP contribution is -2.33. The first kappa shape index (κ1) is 23.1. The van der Waals surface area contributed by atoms with Crippen molar-refractivity contribution >= 4 is 34.4 Å². The summed E-state index contributed by atoms with van der Waals surface area (Å²) in [6.45, 7) is -0.00338. The number of Topliss-reactive ketones (excluding diaryl/α,β-unsaturated/α-hetero) is 1. The van der Waals surface area contributed by atoms with E-state index >= 15 is 0 Å². The van der Waals surface area contributed by atoms with E-state index in [1.165, 1.54) is 21.3 Å². The Bertz CT molecular complexity index is 1290. The van der Waals surface area contributed by atoms with Gasteiger partial charge in [-0.3, -0.25) is 4.79 Å². The van der Waals surface area contributed by atoms with Gasteiger partial charge >= 0.3 is 0 Å². The van der Waals surface area contributed by atoms with E-state index in [1.54, 1.807) is 12.1 Å². The first-order valence-corrected chi connectivity index (χ1v) is 10.9. The molecule has 0 aliphatic carbocycles. The van der Waals surface area contributed by atoms with Crippen molar-refractivity contribution < 1.29 is 19.0 Å². The van der Waals surface area contributed by atoms with Crippen molar-refractivity contribution in [3.63, 3.8) is 0 Å². The van der Waals surface area contributed by atoms with Gasteiger partial charge in [0.15, 0.2) is 22.4 Å². The Hall–Kier alpha value is -4.11. The van der Waals surface area contributed by atoms with Crippen molar-refractivity contribution in [3.05, 3.63) is 72.6 Å². The minimum atomic E-state index is -0.179. The van der Waals surface area contributed by atoms with Gasteiger partial charge in [-0.1, -0.05) is 18.2 Å². The van der Waals surface area contributed by atoms with Crippen LogP contribution in [0.5, 0.6) is 17.2 Å². The van der Waals surface area contributed by atoms with E-state index in [0.29, 0.717) is 27.9 Å². The average Bonchev–Trinajstić information content (AvgIpc) is 3.31. The molecule has 34 heavy (non-hydrogen) atoms. The van der Waals surface area contributed by atoms with Crippen LogP contribution in [0.3, 0.4) is 0 Å². The summed E-state index contributed by atoms with van der Waals surface area (Å²) in [5, 5.41) is 6.40. The van der Waals surface area contributed by atoms with Crippen LogP contribution in [-0.2, 0) is 0 Å². The SMILES string of the molecule is COc1cc(C(=O)CNC(=S)Nc2cccc(-c3cn4ccccc4n3)c2)cc(OC)c1OC. The molecule has 0 amide bonds. The number of hydrogen-bond donors (Lipinski definition) is 2. The molecule has 4 rings (SSSR count). The van der Waals surface area contributed by atoms with Gasteiger partial charge in [0.25, 0.3) is 0 Å². The molecule has 0 saturated carbocycles. The second kappa shape index (κ2) is 10.2. The number of fused-ring (bicyclic) bond motifs is 1. The summed E-state index contributed by atoms with van der Waals surface area (Å²) in [4.78, 5) is 17.4. The fraction of sp³-hybridized carbons (Fsp3) is 0.160. The van der Waals surface area contributed by atoms with Crippen molar-refractivity contribution in [3.8, 4) is 28.5 Å². The molecule has 0 atom stereocenters. The number of aromatic nitrogens is 2. The molecule has 8 nitrogen and oxygen atoms in total. The number of pyridine rings is 1. The molecular formula is C25H24N4O4S. The largest absolute Gasteiger partial charge is 0.493 e. The molecule has 0 spiro atoms. The number of imidazole rings is 1. The molecule has 0 aliphatic heterocycles. The lowest BCUT2D eigenvalue weighted by atomic mass is 10.1. The Morgan fingerprint density at radius 1 is 1.00 bits per heavy atom. The fourth-order valence-electron chi connectivity index (χ4n) is 3.51. The Kier molecular flexibility index (Phi) is 6.93. The molecule has 0 radical (unpaired) electrons. The zero-order chi connectivity index (χ0) is 24.1. The molecule has 2 N–H and O–H groups in total. The van der Waals surface area contributed by atoms with Gasteiger partial charge in [-0.05, 0) is 48.6 Å². The van der Waals surface area contributed by atoms with E-state index in [1.807, 2.05) is 59.3 Å². The number of hydrogen-bond acceptors (Lipinski definition) is 6. The van der Waals surface area contributed by atoms with E-state index < -0.39 is 0 Å². The second-order valence-corrected chi connectivity index (χ2v) is 7.73. The maximum atomic E-state index is 12.7. The maximum Gasteiger partial charge on any atom is 0.203 e. The molecule has 9 heteroatoms. The van der Waals surface area contributed by atoms with Crippen molar-refractivity contribution in [2.45, 2.75) is 0 Å². The number of benzene rings is 2. The highest BCUT2D eigenvalue weighted by atomic mass is 32.1. The predicted molar refractivity (Wildman–Crippen MR) is 135 cm³/mol. The number of thiocarbonyl (C=S) groups is 1. The number of carbonyl (C=O) groups excluding carboxylic acids is 1. The van der Waals surface area contributed by atoms with Gasteiger partial charge in [0, 0.05) is 29.2 Å². The average molecular weight is 477 g/mol. The van der Waals surface area contributed by atoms with E-state index in [-0.39, 0.29) is 12.3 Å². The third kappa shape index (κ3) is 4.94. The van der Waals surface area contributed by atoms with Crippen LogP contribution in [0.1, 0.15) is 10.4 Å². The smallest absolute Gasteiger partial charge is 0.203 e. The normalized spacial score (nSPS) is 10.6. The topological polar surface area (TPSA) is 86.1 Å². The standard InChI is InChI=1S/C25H24N4O4S/c1-31-21-12-17(13-22(32-2)24(21)33-3)20(30)14-26-25(34)27-18-8-6-7-16(11-18)19-15-29-10-5-4-9-23(29)28-19/h4-13,15H,14H2,1-3H3,(H2,26,27,34). The van der Waals surface area contributed by atoms with Gasteiger partial charge in [0.2, 0.25) is 5.75 Å². The number of anilines is 1. The highest BCUT2D eigenvalue weighted by Gasteiger charge is 2.17. The van der Waals surface area contributed by atoms with Crippen molar-refractivity contribution in [1.29, 1.82) is 0 Å². The first-order valence-electron chi connectivity index (χ1n) is 10.4. The van der Waals surface area contributed by atoms with E-state index in [2.05, 4.69) is 15.6 Å². The highest BCUT2D eigenvalue weighted by molar-refractivity contribution is 7.80. The molecule has 0 bridgehead atoms. The monoisotopic (exact) mass is 476 g/mol. The number of carbonyl (C=O) groups is 1. The zero-order valence-corrected chi connectivity index (χ0v) is 19.8. The van der Waals surface area contributed by atoms with Gasteiger partial charge in [-0.15, -0.1) is 0 Å². The van der Waals surface area contributed by atoms with Gasteiger partial charge in [0.1, 0.15) is 5.65 Å². The summed E-state index contributed by atoms with van der Waals surface area (Å²) < 4.78 is 17.9. The van der Waals surface area contributed by atoms with Gasteiger partial charge < -0.3 is 29.2 Å². The molecule has 0 fully saturated rings. The molecule has 0 unspecified atom stereocenters. The Balaban J connectivity index is 1.41. The van der Waals surface area contributed by atoms with Crippen LogP contribution >= 0.6 is 12.2 Å². The Morgan fingerprint density at radius 3 is 2.44 bits per heavy atom. The molecule has 2 aromatic carbocycles. The van der Waals surface area contributed by atoms with Crippen molar-refractivity contribution in [2.75, 3.05) is 33.2 Å². The third-order valence-electron chi connectivity index (χ3n) is 5.18. The Morgan fingerprint density at radius 2 is 1.76 bits per heavy atom. The quantitative estimate of drug-likeness (QED) is 0.289. The summed E-state index contributed by atoms with van der Waals surface area (Å²) in [5.41, 5.74) is 3.88. The minimum absolute atomic E-state index is 0.00338. The third-order valence-corrected chi connectivity index (χ3v) is 5.42. The number of ketones is 1. The van der Waals surface area contributed by atoms with E-state index in [9.17, 15) is 4.79 Å².